The number of nitrogens with zero attached hydrogens (tertiary/aromatic N) is 1. The van der Waals surface area contributed by atoms with Crippen LogP contribution in [-0.2, 0) is 0 Å². The molecule has 0 atom stereocenters. The fourth-order valence-corrected chi connectivity index (χ4v) is 3.47. The number of benzene rings is 3. The highest BCUT2D eigenvalue weighted by atomic mass is 16.5. The monoisotopic (exact) mass is 452 g/mol. The topological polar surface area (TPSA) is 91.5 Å². The molecule has 3 aromatic carbocycles. The number of aromatic nitrogens is 1. The quantitative estimate of drug-likeness (QED) is 0.335. The molecule has 1 amide bonds. The number of Topliss-reactive ketones (excluding diaryl/α,β-unsaturated/α-hetero) is 1. The number of pyridine rings is 1. The van der Waals surface area contributed by atoms with Gasteiger partial charge in [0.05, 0.1) is 0 Å². The number of hydrogen-bond donors (Lipinski definition) is 1. The van der Waals surface area contributed by atoms with Crippen LogP contribution in [-0.4, -0.2) is 16.7 Å². The third-order valence-corrected chi connectivity index (χ3v) is 5.24. The molecule has 2 N–H and O–H groups in total. The molecule has 6 heteroatoms. The molecule has 0 radical (unpaired) electrons. The molecular weight excluding hydrogens is 428 g/mol. The largest absolute Gasteiger partial charge is 0.457 e. The van der Waals surface area contributed by atoms with Crippen LogP contribution in [0.3, 0.4) is 0 Å². The number of primary amides is 1. The third-order valence-electron chi connectivity index (χ3n) is 5.24. The van der Waals surface area contributed by atoms with Crippen molar-refractivity contribution in [3.05, 3.63) is 101 Å². The molecule has 0 spiro atoms. The van der Waals surface area contributed by atoms with Crippen molar-refractivity contribution in [2.24, 2.45) is 5.73 Å². The van der Waals surface area contributed by atoms with Crippen LogP contribution >= 0.6 is 0 Å². The zero-order valence-corrected chi connectivity index (χ0v) is 19.2. The van der Waals surface area contributed by atoms with E-state index in [4.69, 9.17) is 15.2 Å². The second-order valence-electron chi connectivity index (χ2n) is 8.06. The van der Waals surface area contributed by atoms with Gasteiger partial charge in [-0.15, -0.1) is 0 Å². The van der Waals surface area contributed by atoms with Crippen molar-refractivity contribution >= 4 is 11.7 Å². The van der Waals surface area contributed by atoms with Crippen molar-refractivity contribution < 1.29 is 19.1 Å². The standard InChI is InChI=1S/C28H24N2O4/c1-17-4-7-22(8-5-17)33-24-13-20(12-21(14-24)28(29)32)26-15-23(9-10-25(26)19(3)31)34-27-11-6-18(2)16-30-27/h4-16H,1-3H3,(H2,29,32). The molecule has 6 nitrogen and oxygen atoms in total. The summed E-state index contributed by atoms with van der Waals surface area (Å²) >= 11 is 0. The molecule has 0 aliphatic carbocycles. The molecule has 1 aromatic heterocycles. The van der Waals surface area contributed by atoms with E-state index in [1.807, 2.05) is 44.2 Å². The lowest BCUT2D eigenvalue weighted by Crippen LogP contribution is -2.11. The van der Waals surface area contributed by atoms with Gasteiger partial charge in [-0.25, -0.2) is 4.98 Å². The van der Waals surface area contributed by atoms with Gasteiger partial charge in [0.1, 0.15) is 17.2 Å². The molecule has 4 aromatic rings. The molecule has 1 heterocycles. The Morgan fingerprint density at radius 1 is 0.765 bits per heavy atom. The summed E-state index contributed by atoms with van der Waals surface area (Å²) in [6.07, 6.45) is 1.71. The predicted octanol–water partition coefficient (Wildman–Crippen LogP) is 6.25. The van der Waals surface area contributed by atoms with Crippen molar-refractivity contribution in [3.63, 3.8) is 0 Å². The SMILES string of the molecule is CC(=O)c1ccc(Oc2ccc(C)cn2)cc1-c1cc(Oc2ccc(C)cc2)cc(C(N)=O)c1. The maximum atomic E-state index is 12.4. The molecular formula is C28H24N2O4. The zero-order valence-electron chi connectivity index (χ0n) is 19.2. The molecule has 170 valence electrons. The van der Waals surface area contributed by atoms with Gasteiger partial charge in [-0.05, 0) is 86.0 Å². The Morgan fingerprint density at radius 2 is 1.47 bits per heavy atom. The number of amides is 1. The van der Waals surface area contributed by atoms with Crippen molar-refractivity contribution in [1.29, 1.82) is 0 Å². The summed E-state index contributed by atoms with van der Waals surface area (Å²) in [5.74, 6) is 1.25. The minimum absolute atomic E-state index is 0.125. The van der Waals surface area contributed by atoms with Gasteiger partial charge >= 0.3 is 0 Å². The molecule has 0 unspecified atom stereocenters. The second-order valence-corrected chi connectivity index (χ2v) is 8.06. The lowest BCUT2D eigenvalue weighted by Gasteiger charge is -2.14. The van der Waals surface area contributed by atoms with Crippen LogP contribution < -0.4 is 15.2 Å². The highest BCUT2D eigenvalue weighted by molar-refractivity contribution is 6.02. The number of carbonyl (C=O) groups excluding carboxylic acids is 2. The number of nitrogens with two attached hydrogens (primary N) is 1. The Balaban J connectivity index is 1.78. The van der Waals surface area contributed by atoms with Gasteiger partial charge in [-0.1, -0.05) is 23.8 Å². The third kappa shape index (κ3) is 5.30. The van der Waals surface area contributed by atoms with E-state index in [0.29, 0.717) is 39.8 Å². The molecule has 0 fully saturated rings. The molecule has 4 rings (SSSR count). The smallest absolute Gasteiger partial charge is 0.248 e. The number of carbonyl (C=O) groups is 2. The second kappa shape index (κ2) is 9.58. The fraction of sp³-hybridized carbons (Fsp3) is 0.107. The van der Waals surface area contributed by atoms with Crippen LogP contribution in [0.5, 0.6) is 23.1 Å². The summed E-state index contributed by atoms with van der Waals surface area (Å²) in [5.41, 5.74) is 9.65. The van der Waals surface area contributed by atoms with Gasteiger partial charge in [0.2, 0.25) is 11.8 Å². The van der Waals surface area contributed by atoms with Crippen LogP contribution in [0, 0.1) is 13.8 Å². The number of hydrogen-bond acceptors (Lipinski definition) is 5. The van der Waals surface area contributed by atoms with E-state index in [9.17, 15) is 9.59 Å². The van der Waals surface area contributed by atoms with Crippen LogP contribution in [0.25, 0.3) is 11.1 Å². The summed E-state index contributed by atoms with van der Waals surface area (Å²) < 4.78 is 11.9. The van der Waals surface area contributed by atoms with E-state index in [-0.39, 0.29) is 11.3 Å². The highest BCUT2D eigenvalue weighted by Gasteiger charge is 2.15. The maximum Gasteiger partial charge on any atom is 0.248 e. The molecule has 0 saturated heterocycles. The van der Waals surface area contributed by atoms with Crippen molar-refractivity contribution in [1.82, 2.24) is 4.98 Å². The minimum atomic E-state index is -0.601. The van der Waals surface area contributed by atoms with E-state index in [1.165, 1.54) is 6.92 Å². The fourth-order valence-electron chi connectivity index (χ4n) is 3.47. The molecule has 0 saturated carbocycles. The van der Waals surface area contributed by atoms with Crippen LogP contribution in [0.4, 0.5) is 0 Å². The van der Waals surface area contributed by atoms with Crippen molar-refractivity contribution in [2.45, 2.75) is 20.8 Å². The first-order valence-electron chi connectivity index (χ1n) is 10.7. The Bertz CT molecular complexity index is 1360. The summed E-state index contributed by atoms with van der Waals surface area (Å²) in [6.45, 7) is 5.42. The average Bonchev–Trinajstić information content (AvgIpc) is 2.81. The van der Waals surface area contributed by atoms with Gasteiger partial charge in [-0.3, -0.25) is 9.59 Å². The summed E-state index contributed by atoms with van der Waals surface area (Å²) in [5, 5.41) is 0. The van der Waals surface area contributed by atoms with Crippen LogP contribution in [0.15, 0.2) is 79.0 Å². The number of aryl methyl sites for hydroxylation is 2. The van der Waals surface area contributed by atoms with Crippen molar-refractivity contribution in [2.75, 3.05) is 0 Å². The van der Waals surface area contributed by atoms with E-state index in [2.05, 4.69) is 4.98 Å². The van der Waals surface area contributed by atoms with Gasteiger partial charge in [0.25, 0.3) is 0 Å². The molecule has 0 bridgehead atoms. The molecule has 0 aliphatic rings. The number of ether oxygens (including phenoxy) is 2. The Morgan fingerprint density at radius 3 is 2.12 bits per heavy atom. The Kier molecular flexibility index (Phi) is 6.41. The Labute approximate surface area is 198 Å². The first-order valence-corrected chi connectivity index (χ1v) is 10.7. The predicted molar refractivity (Wildman–Crippen MR) is 131 cm³/mol. The van der Waals surface area contributed by atoms with E-state index in [0.717, 1.165) is 11.1 Å². The maximum absolute atomic E-state index is 12.4. The van der Waals surface area contributed by atoms with Gasteiger partial charge in [0.15, 0.2) is 5.78 Å². The van der Waals surface area contributed by atoms with Gasteiger partial charge in [0, 0.05) is 23.4 Å². The van der Waals surface area contributed by atoms with Gasteiger partial charge in [-0.2, -0.15) is 0 Å². The van der Waals surface area contributed by atoms with Crippen LogP contribution in [0.2, 0.25) is 0 Å². The summed E-state index contributed by atoms with van der Waals surface area (Å²) in [6, 6.07) is 21.4. The normalized spacial score (nSPS) is 10.6. The van der Waals surface area contributed by atoms with Crippen LogP contribution in [0.1, 0.15) is 38.8 Å². The number of rotatable bonds is 7. The average molecular weight is 453 g/mol. The lowest BCUT2D eigenvalue weighted by molar-refractivity contribution is 0.0996. The van der Waals surface area contributed by atoms with E-state index in [1.54, 1.807) is 48.7 Å². The van der Waals surface area contributed by atoms with Crippen molar-refractivity contribution in [3.8, 4) is 34.3 Å². The van der Waals surface area contributed by atoms with E-state index < -0.39 is 5.91 Å². The first kappa shape index (κ1) is 22.7. The summed E-state index contributed by atoms with van der Waals surface area (Å²) in [7, 11) is 0. The molecule has 0 aliphatic heterocycles. The zero-order chi connectivity index (χ0) is 24.2. The lowest BCUT2D eigenvalue weighted by atomic mass is 9.95. The Hall–Kier alpha value is -4.45. The number of ketones is 1. The minimum Gasteiger partial charge on any atom is -0.457 e. The first-order chi connectivity index (χ1) is 16.3. The van der Waals surface area contributed by atoms with Gasteiger partial charge < -0.3 is 15.2 Å². The summed E-state index contributed by atoms with van der Waals surface area (Å²) in [4.78, 5) is 28.7. The highest BCUT2D eigenvalue weighted by Crippen LogP contribution is 2.34. The molecule has 34 heavy (non-hydrogen) atoms. The van der Waals surface area contributed by atoms with E-state index >= 15 is 0 Å².